The maximum Gasteiger partial charge on any atom is 1.00 e. The summed E-state index contributed by atoms with van der Waals surface area (Å²) in [6, 6.07) is 0. The van der Waals surface area contributed by atoms with Gasteiger partial charge < -0.3 is 0 Å². The van der Waals surface area contributed by atoms with Crippen LogP contribution >= 0.6 is 0 Å². The molecule has 8 unspecified atom stereocenters. The molecular formula is C32H58N8+2. The molecule has 9 aliphatic rings. The summed E-state index contributed by atoms with van der Waals surface area (Å²) in [6.07, 6.45) is 25.6. The zero-order valence-corrected chi connectivity index (χ0v) is 24.6. The van der Waals surface area contributed by atoms with Crippen LogP contribution in [-0.2, 0) is 0 Å². The van der Waals surface area contributed by atoms with Gasteiger partial charge in [-0.25, -0.2) is 0 Å². The van der Waals surface area contributed by atoms with Crippen molar-refractivity contribution in [2.75, 3.05) is 0 Å². The highest BCUT2D eigenvalue weighted by Crippen LogP contribution is 2.45. The van der Waals surface area contributed by atoms with Crippen molar-refractivity contribution in [3.05, 3.63) is 0 Å². The van der Waals surface area contributed by atoms with Gasteiger partial charge in [0.2, 0.25) is 0 Å². The minimum atomic E-state index is 0. The van der Waals surface area contributed by atoms with E-state index in [-0.39, 0.29) is 2.85 Å². The van der Waals surface area contributed by atoms with Crippen molar-refractivity contribution in [2.45, 2.75) is 152 Å². The molecule has 9 fully saturated rings. The maximum absolute atomic E-state index is 4.26. The van der Waals surface area contributed by atoms with Crippen molar-refractivity contribution in [1.29, 1.82) is 0 Å². The van der Waals surface area contributed by atoms with Gasteiger partial charge in [-0.3, -0.25) is 42.5 Å². The zero-order valence-electron chi connectivity index (χ0n) is 26.6. The summed E-state index contributed by atoms with van der Waals surface area (Å²) in [7, 11) is 0. The van der Waals surface area contributed by atoms with Crippen molar-refractivity contribution in [3.63, 3.8) is 0 Å². The second kappa shape index (κ2) is 10.7. The van der Waals surface area contributed by atoms with Crippen molar-refractivity contribution in [2.24, 2.45) is 47.3 Å². The van der Waals surface area contributed by atoms with E-state index in [9.17, 15) is 0 Å². The van der Waals surface area contributed by atoms with Gasteiger partial charge in [-0.05, 0) is 98.7 Å². The predicted octanol–water partition coefficient (Wildman–Crippen LogP) is 2.83. The van der Waals surface area contributed by atoms with E-state index in [0.717, 1.165) is 47.3 Å². The predicted molar refractivity (Wildman–Crippen MR) is 159 cm³/mol. The minimum absolute atomic E-state index is 0. The molecule has 40 heavy (non-hydrogen) atoms. The number of hydrogen-bond acceptors (Lipinski definition) is 8. The fourth-order valence-electron chi connectivity index (χ4n) is 12.0. The third-order valence-corrected chi connectivity index (χ3v) is 13.8. The van der Waals surface area contributed by atoms with Crippen LogP contribution in [0.4, 0.5) is 0 Å². The molecule has 0 aromatic carbocycles. The fraction of sp³-hybridized carbons (Fsp3) is 1.00. The normalized spacial score (nSPS) is 57.6. The van der Waals surface area contributed by atoms with Gasteiger partial charge in [-0.1, -0.05) is 51.4 Å². The SMILES string of the molecule is C1CCC2C3NC(NC4NC(NC5NC(NC6NC(N3)C3CCCCC63)C3CCCCC53)C3CCCCC43)C2C1.[H+].[H+]. The molecule has 0 aromatic heterocycles. The molecule has 4 saturated carbocycles. The van der Waals surface area contributed by atoms with E-state index in [1.807, 2.05) is 0 Å². The molecular weight excluding hydrogens is 496 g/mol. The molecule has 224 valence electrons. The Morgan fingerprint density at radius 2 is 0.350 bits per heavy atom. The fourth-order valence-corrected chi connectivity index (χ4v) is 12.0. The van der Waals surface area contributed by atoms with Gasteiger partial charge in [0.05, 0.1) is 49.3 Å². The van der Waals surface area contributed by atoms with Crippen LogP contribution in [0.2, 0.25) is 0 Å². The van der Waals surface area contributed by atoms with Crippen LogP contribution in [-0.4, -0.2) is 49.3 Å². The molecule has 0 aromatic rings. The molecule has 0 amide bonds. The number of nitrogens with one attached hydrogen (secondary N) is 8. The van der Waals surface area contributed by atoms with E-state index in [4.69, 9.17) is 0 Å². The van der Waals surface area contributed by atoms with Crippen LogP contribution in [0.25, 0.3) is 0 Å². The molecule has 8 N–H and O–H groups in total. The topological polar surface area (TPSA) is 96.2 Å². The van der Waals surface area contributed by atoms with Crippen LogP contribution in [0.5, 0.6) is 0 Å². The van der Waals surface area contributed by atoms with E-state index < -0.39 is 0 Å². The highest BCUT2D eigenvalue weighted by Gasteiger charge is 2.54. The lowest BCUT2D eigenvalue weighted by molar-refractivity contribution is 0.167. The number of rotatable bonds is 0. The Balaban J connectivity index is 0.00000144. The van der Waals surface area contributed by atoms with E-state index >= 15 is 0 Å². The van der Waals surface area contributed by atoms with Crippen molar-refractivity contribution >= 4 is 0 Å². The van der Waals surface area contributed by atoms with Gasteiger partial charge in [-0.2, -0.15) is 0 Å². The summed E-state index contributed by atoms with van der Waals surface area (Å²) in [5, 5.41) is 33.8. The van der Waals surface area contributed by atoms with Gasteiger partial charge in [-0.15, -0.1) is 0 Å². The first kappa shape index (κ1) is 26.1. The van der Waals surface area contributed by atoms with Gasteiger partial charge in [0.25, 0.3) is 0 Å². The lowest BCUT2D eigenvalue weighted by Crippen LogP contribution is -2.61. The van der Waals surface area contributed by atoms with Crippen LogP contribution in [0.15, 0.2) is 0 Å². The van der Waals surface area contributed by atoms with Crippen molar-refractivity contribution in [1.82, 2.24) is 42.5 Å². The number of fused-ring (bicyclic) bond motifs is 20. The first-order valence-electron chi connectivity index (χ1n) is 17.9. The molecule has 5 heterocycles. The minimum Gasteiger partial charge on any atom is -0.286 e. The third kappa shape index (κ3) is 4.37. The maximum atomic E-state index is 4.26. The summed E-state index contributed by atoms with van der Waals surface area (Å²) in [5.41, 5.74) is 0. The molecule has 5 saturated heterocycles. The first-order chi connectivity index (χ1) is 19.8. The second-order valence-electron chi connectivity index (χ2n) is 15.6. The molecule has 0 radical (unpaired) electrons. The highest BCUT2D eigenvalue weighted by molar-refractivity contribution is 5.08. The molecule has 8 atom stereocenters. The van der Waals surface area contributed by atoms with Gasteiger partial charge in [0.1, 0.15) is 0 Å². The molecule has 9 rings (SSSR count). The van der Waals surface area contributed by atoms with E-state index in [1.165, 1.54) is 103 Å². The molecule has 0 spiro atoms. The van der Waals surface area contributed by atoms with E-state index in [2.05, 4.69) is 42.5 Å². The lowest BCUT2D eigenvalue weighted by Gasteiger charge is -2.35. The molecule has 8 heteroatoms. The third-order valence-electron chi connectivity index (χ3n) is 13.8. The molecule has 4 aliphatic carbocycles. The van der Waals surface area contributed by atoms with Gasteiger partial charge in [0.15, 0.2) is 0 Å². The Morgan fingerprint density at radius 3 is 0.475 bits per heavy atom. The quantitative estimate of drug-likeness (QED) is 0.232. The van der Waals surface area contributed by atoms with Crippen LogP contribution in [0, 0.1) is 47.3 Å². The average Bonchev–Trinajstić information content (AvgIpc) is 3.73. The Kier molecular flexibility index (Phi) is 6.98. The van der Waals surface area contributed by atoms with Crippen LogP contribution in [0.1, 0.15) is 106 Å². The smallest absolute Gasteiger partial charge is 0.286 e. The molecule has 5 aliphatic heterocycles. The van der Waals surface area contributed by atoms with Gasteiger partial charge >= 0.3 is 2.85 Å². The van der Waals surface area contributed by atoms with E-state index in [0.29, 0.717) is 49.3 Å². The monoisotopic (exact) mass is 554 g/mol. The second-order valence-corrected chi connectivity index (χ2v) is 15.6. The Hall–Kier alpha value is -0.320. The Labute approximate surface area is 244 Å². The summed E-state index contributed by atoms with van der Waals surface area (Å²) in [5.74, 6) is 5.97. The van der Waals surface area contributed by atoms with Gasteiger partial charge in [0, 0.05) is 0 Å². The molecule has 8 bridgehead atoms. The number of hydrogen-bond donors (Lipinski definition) is 8. The summed E-state index contributed by atoms with van der Waals surface area (Å²) in [6.45, 7) is 0. The van der Waals surface area contributed by atoms with E-state index in [1.54, 1.807) is 0 Å². The van der Waals surface area contributed by atoms with Crippen molar-refractivity contribution < 1.29 is 2.85 Å². The van der Waals surface area contributed by atoms with Crippen molar-refractivity contribution in [3.8, 4) is 0 Å². The molecule has 8 nitrogen and oxygen atoms in total. The zero-order chi connectivity index (χ0) is 26.2. The van der Waals surface area contributed by atoms with Crippen LogP contribution < -0.4 is 42.5 Å². The standard InChI is InChI=1S/C32H56N8/c1-2-10-18-17(9-1)25-33-26(18)38-28-21-13-5-6-14-22(21)30(35-28)40-32-24-16-8-7-15-23(24)31(36-32)39-29-20-12-4-3-11-19(20)27(34-29)37-25/h17-40H,1-16H2/p+2. The Bertz CT molecular complexity index is 721. The summed E-state index contributed by atoms with van der Waals surface area (Å²) in [4.78, 5) is 0. The largest absolute Gasteiger partial charge is 1.00 e. The summed E-state index contributed by atoms with van der Waals surface area (Å²) >= 11 is 0. The lowest BCUT2D eigenvalue weighted by atomic mass is 9.76. The van der Waals surface area contributed by atoms with Crippen LogP contribution in [0.3, 0.4) is 0 Å². The Morgan fingerprint density at radius 1 is 0.225 bits per heavy atom. The average molecular weight is 555 g/mol. The highest BCUT2D eigenvalue weighted by atomic mass is 15.4. The first-order valence-corrected chi connectivity index (χ1v) is 17.9. The summed E-state index contributed by atoms with van der Waals surface area (Å²) < 4.78 is 0.